The number of amides is 1. The van der Waals surface area contributed by atoms with Crippen molar-refractivity contribution in [2.45, 2.75) is 83.0 Å². The molecule has 2 unspecified atom stereocenters. The first-order valence-corrected chi connectivity index (χ1v) is 7.76. The zero-order valence-electron chi connectivity index (χ0n) is 11.7. The molecule has 2 aliphatic carbocycles. The van der Waals surface area contributed by atoms with E-state index in [9.17, 15) is 4.79 Å². The van der Waals surface area contributed by atoms with E-state index >= 15 is 0 Å². The second kappa shape index (κ2) is 4.52. The molecule has 1 amide bonds. The maximum Gasteiger partial charge on any atom is 0.244 e. The van der Waals surface area contributed by atoms with Crippen LogP contribution in [0.4, 0.5) is 0 Å². The van der Waals surface area contributed by atoms with Gasteiger partial charge in [-0.25, -0.2) is 0 Å². The molecule has 3 rings (SSSR count). The van der Waals surface area contributed by atoms with Gasteiger partial charge < -0.3 is 4.90 Å². The van der Waals surface area contributed by atoms with Gasteiger partial charge >= 0.3 is 0 Å². The van der Waals surface area contributed by atoms with Crippen LogP contribution in [0.25, 0.3) is 0 Å². The van der Waals surface area contributed by atoms with Crippen LogP contribution in [0.15, 0.2) is 0 Å². The van der Waals surface area contributed by atoms with Gasteiger partial charge in [-0.05, 0) is 51.4 Å². The lowest BCUT2D eigenvalue weighted by Crippen LogP contribution is -2.50. The quantitative estimate of drug-likeness (QED) is 0.835. The minimum atomic E-state index is -0.303. The van der Waals surface area contributed by atoms with Crippen molar-refractivity contribution in [3.63, 3.8) is 0 Å². The molecule has 18 heavy (non-hydrogen) atoms. The molecule has 3 aliphatic rings. The molecule has 1 N–H and O–H groups in total. The number of carbonyl (C=O) groups is 1. The molecule has 0 aromatic heterocycles. The van der Waals surface area contributed by atoms with Crippen molar-refractivity contribution < 1.29 is 4.79 Å². The molecule has 1 aliphatic heterocycles. The number of hydrogen-bond donors (Lipinski definition) is 1. The average Bonchev–Trinajstić information content (AvgIpc) is 2.89. The van der Waals surface area contributed by atoms with Crippen LogP contribution >= 0.6 is 0 Å². The Morgan fingerprint density at radius 1 is 1.22 bits per heavy atom. The summed E-state index contributed by atoms with van der Waals surface area (Å²) < 4.78 is 0. The summed E-state index contributed by atoms with van der Waals surface area (Å²) in [5, 5.41) is 3.68. The fourth-order valence-corrected chi connectivity index (χ4v) is 3.80. The predicted molar refractivity (Wildman–Crippen MR) is 72.1 cm³/mol. The average molecular weight is 250 g/mol. The number of hydrogen-bond acceptors (Lipinski definition) is 2. The fourth-order valence-electron chi connectivity index (χ4n) is 3.80. The van der Waals surface area contributed by atoms with Gasteiger partial charge in [0, 0.05) is 6.04 Å². The van der Waals surface area contributed by atoms with Gasteiger partial charge in [-0.1, -0.05) is 19.8 Å². The smallest absolute Gasteiger partial charge is 0.244 e. The maximum atomic E-state index is 12.7. The summed E-state index contributed by atoms with van der Waals surface area (Å²) in [6, 6.07) is 0.531. The van der Waals surface area contributed by atoms with Gasteiger partial charge in [0.15, 0.2) is 0 Å². The summed E-state index contributed by atoms with van der Waals surface area (Å²) in [4.78, 5) is 15.0. The van der Waals surface area contributed by atoms with E-state index in [-0.39, 0.29) is 5.54 Å². The fraction of sp³-hybridized carbons (Fsp3) is 0.933. The van der Waals surface area contributed by atoms with Crippen LogP contribution in [0, 0.1) is 5.92 Å². The zero-order chi connectivity index (χ0) is 12.8. The number of nitrogens with one attached hydrogen (secondary N) is 1. The van der Waals surface area contributed by atoms with Crippen LogP contribution in [-0.4, -0.2) is 28.6 Å². The highest BCUT2D eigenvalue weighted by atomic mass is 16.2. The highest BCUT2D eigenvalue weighted by molar-refractivity contribution is 5.88. The van der Waals surface area contributed by atoms with Crippen molar-refractivity contribution in [1.82, 2.24) is 10.2 Å². The molecule has 3 fully saturated rings. The third kappa shape index (κ3) is 1.78. The zero-order valence-corrected chi connectivity index (χ0v) is 11.7. The lowest BCUT2D eigenvalue weighted by molar-refractivity contribution is -0.137. The van der Waals surface area contributed by atoms with Crippen LogP contribution in [-0.2, 0) is 4.79 Å². The maximum absolute atomic E-state index is 12.7. The molecule has 0 radical (unpaired) electrons. The second-order valence-electron chi connectivity index (χ2n) is 6.62. The Bertz CT molecular complexity index is 333. The molecule has 3 nitrogen and oxygen atoms in total. The van der Waals surface area contributed by atoms with Crippen molar-refractivity contribution >= 4 is 5.91 Å². The van der Waals surface area contributed by atoms with Crippen molar-refractivity contribution in [1.29, 1.82) is 0 Å². The van der Waals surface area contributed by atoms with E-state index in [0.29, 0.717) is 24.0 Å². The highest BCUT2D eigenvalue weighted by Crippen LogP contribution is 2.39. The standard InChI is InChI=1S/C15H26N2O/c1-3-15(2)14(18)17(12-9-6-10-12)13(16-15)11-7-4-5-8-11/h11-13,16H,3-10H2,1-2H3. The van der Waals surface area contributed by atoms with Gasteiger partial charge in [-0.15, -0.1) is 0 Å². The van der Waals surface area contributed by atoms with Gasteiger partial charge in [0.2, 0.25) is 5.91 Å². The van der Waals surface area contributed by atoms with E-state index < -0.39 is 0 Å². The van der Waals surface area contributed by atoms with Gasteiger partial charge in [0.05, 0.1) is 11.7 Å². The molecule has 1 heterocycles. The molecule has 1 saturated heterocycles. The number of carbonyl (C=O) groups excluding carboxylic acids is 1. The predicted octanol–water partition coefficient (Wildman–Crippen LogP) is 2.66. The lowest BCUT2D eigenvalue weighted by atomic mass is 9.89. The van der Waals surface area contributed by atoms with E-state index in [4.69, 9.17) is 0 Å². The van der Waals surface area contributed by atoms with Gasteiger partial charge in [-0.2, -0.15) is 0 Å². The van der Waals surface area contributed by atoms with E-state index in [0.717, 1.165) is 6.42 Å². The molecule has 102 valence electrons. The van der Waals surface area contributed by atoms with Crippen LogP contribution < -0.4 is 5.32 Å². The first-order valence-electron chi connectivity index (χ1n) is 7.76. The summed E-state index contributed by atoms with van der Waals surface area (Å²) in [7, 11) is 0. The summed E-state index contributed by atoms with van der Waals surface area (Å²) in [5.74, 6) is 1.06. The van der Waals surface area contributed by atoms with Crippen molar-refractivity contribution in [2.24, 2.45) is 5.92 Å². The molecule has 2 saturated carbocycles. The normalized spacial score (nSPS) is 38.4. The van der Waals surface area contributed by atoms with Gasteiger partial charge in [0.25, 0.3) is 0 Å². The largest absolute Gasteiger partial charge is 0.322 e. The van der Waals surface area contributed by atoms with Crippen LogP contribution in [0.3, 0.4) is 0 Å². The first kappa shape index (κ1) is 12.5. The molecule has 0 spiro atoms. The molecule has 0 aromatic rings. The Morgan fingerprint density at radius 3 is 2.39 bits per heavy atom. The Labute approximate surface area is 110 Å². The third-order valence-electron chi connectivity index (χ3n) is 5.49. The summed E-state index contributed by atoms with van der Waals surface area (Å²) in [6.45, 7) is 4.22. The van der Waals surface area contributed by atoms with E-state index in [1.54, 1.807) is 0 Å². The summed E-state index contributed by atoms with van der Waals surface area (Å²) in [6.07, 6.45) is 10.3. The van der Waals surface area contributed by atoms with E-state index in [1.165, 1.54) is 44.9 Å². The van der Waals surface area contributed by atoms with Crippen molar-refractivity contribution in [2.75, 3.05) is 0 Å². The van der Waals surface area contributed by atoms with Crippen LogP contribution in [0.5, 0.6) is 0 Å². The molecular formula is C15H26N2O. The topological polar surface area (TPSA) is 32.3 Å². The Balaban J connectivity index is 1.83. The molecule has 0 bridgehead atoms. The molecule has 2 atom stereocenters. The molecule has 0 aromatic carbocycles. The Hall–Kier alpha value is -0.570. The summed E-state index contributed by atoms with van der Waals surface area (Å²) >= 11 is 0. The molecular weight excluding hydrogens is 224 g/mol. The SMILES string of the molecule is CCC1(C)NC(C2CCCC2)N(C2CCC2)C1=O. The van der Waals surface area contributed by atoms with Crippen molar-refractivity contribution in [3.05, 3.63) is 0 Å². The third-order valence-corrected chi connectivity index (χ3v) is 5.49. The Morgan fingerprint density at radius 2 is 1.89 bits per heavy atom. The highest BCUT2D eigenvalue weighted by Gasteiger charge is 2.52. The van der Waals surface area contributed by atoms with Gasteiger partial charge in [-0.3, -0.25) is 10.1 Å². The van der Waals surface area contributed by atoms with Crippen LogP contribution in [0.1, 0.15) is 65.2 Å². The van der Waals surface area contributed by atoms with E-state index in [1.807, 2.05) is 0 Å². The number of rotatable bonds is 3. The monoisotopic (exact) mass is 250 g/mol. The van der Waals surface area contributed by atoms with E-state index in [2.05, 4.69) is 24.1 Å². The van der Waals surface area contributed by atoms with Crippen LogP contribution in [0.2, 0.25) is 0 Å². The first-order chi connectivity index (χ1) is 8.65. The lowest BCUT2D eigenvalue weighted by Gasteiger charge is -2.40. The number of nitrogens with zero attached hydrogens (tertiary/aromatic N) is 1. The van der Waals surface area contributed by atoms with Crippen molar-refractivity contribution in [3.8, 4) is 0 Å². The minimum Gasteiger partial charge on any atom is -0.322 e. The molecule has 3 heteroatoms. The second-order valence-corrected chi connectivity index (χ2v) is 6.62. The summed E-state index contributed by atoms with van der Waals surface area (Å²) in [5.41, 5.74) is -0.303. The minimum absolute atomic E-state index is 0.303. The van der Waals surface area contributed by atoms with Gasteiger partial charge in [0.1, 0.15) is 0 Å². The Kier molecular flexibility index (Phi) is 3.13.